The summed E-state index contributed by atoms with van der Waals surface area (Å²) in [6, 6.07) is 16.7. The van der Waals surface area contributed by atoms with Gasteiger partial charge in [0, 0.05) is 5.39 Å². The van der Waals surface area contributed by atoms with Crippen LogP contribution in [0.15, 0.2) is 65.9 Å². The first-order valence-electron chi connectivity index (χ1n) is 6.37. The van der Waals surface area contributed by atoms with Gasteiger partial charge in [-0.2, -0.15) is 0 Å². The molecule has 104 valence electrons. The molecule has 0 unspecified atom stereocenters. The van der Waals surface area contributed by atoms with Gasteiger partial charge in [-0.25, -0.2) is 0 Å². The molecule has 3 N–H and O–H groups in total. The second-order valence-corrected chi connectivity index (χ2v) is 4.45. The summed E-state index contributed by atoms with van der Waals surface area (Å²) in [5.41, 5.74) is 7.06. The second-order valence-electron chi connectivity index (χ2n) is 4.45. The SMILES string of the molecule is N/C(=N/O)c1ccccc1Oc1cnc2ccccc2c1. The van der Waals surface area contributed by atoms with E-state index in [1.165, 1.54) is 0 Å². The molecule has 0 aliphatic carbocycles. The number of benzene rings is 2. The van der Waals surface area contributed by atoms with Gasteiger partial charge in [0.25, 0.3) is 0 Å². The number of pyridine rings is 1. The Morgan fingerprint density at radius 3 is 2.71 bits per heavy atom. The monoisotopic (exact) mass is 279 g/mol. The van der Waals surface area contributed by atoms with E-state index in [1.54, 1.807) is 24.4 Å². The van der Waals surface area contributed by atoms with E-state index >= 15 is 0 Å². The highest BCUT2D eigenvalue weighted by atomic mass is 16.5. The number of ether oxygens (including phenoxy) is 1. The number of fused-ring (bicyclic) bond motifs is 1. The van der Waals surface area contributed by atoms with Crippen LogP contribution in [0, 0.1) is 0 Å². The van der Waals surface area contributed by atoms with Crippen LogP contribution in [-0.2, 0) is 0 Å². The van der Waals surface area contributed by atoms with E-state index in [4.69, 9.17) is 15.7 Å². The van der Waals surface area contributed by atoms with E-state index in [0.29, 0.717) is 17.1 Å². The third-order valence-electron chi connectivity index (χ3n) is 3.06. The summed E-state index contributed by atoms with van der Waals surface area (Å²) in [5.74, 6) is 1.09. The van der Waals surface area contributed by atoms with Gasteiger partial charge in [0.15, 0.2) is 5.84 Å². The van der Waals surface area contributed by atoms with Crippen molar-refractivity contribution in [3.8, 4) is 11.5 Å². The van der Waals surface area contributed by atoms with Crippen LogP contribution in [0.5, 0.6) is 11.5 Å². The summed E-state index contributed by atoms with van der Waals surface area (Å²) in [4.78, 5) is 4.34. The summed E-state index contributed by atoms with van der Waals surface area (Å²) < 4.78 is 5.81. The van der Waals surface area contributed by atoms with Gasteiger partial charge in [-0.15, -0.1) is 0 Å². The quantitative estimate of drug-likeness (QED) is 0.334. The first kappa shape index (κ1) is 12.9. The summed E-state index contributed by atoms with van der Waals surface area (Å²) >= 11 is 0. The van der Waals surface area contributed by atoms with Crippen molar-refractivity contribution in [1.29, 1.82) is 0 Å². The van der Waals surface area contributed by atoms with Crippen LogP contribution in [0.1, 0.15) is 5.56 Å². The van der Waals surface area contributed by atoms with Crippen LogP contribution in [0.4, 0.5) is 0 Å². The Morgan fingerprint density at radius 1 is 1.10 bits per heavy atom. The van der Waals surface area contributed by atoms with E-state index in [2.05, 4.69) is 10.1 Å². The van der Waals surface area contributed by atoms with E-state index in [9.17, 15) is 0 Å². The van der Waals surface area contributed by atoms with Gasteiger partial charge in [0.05, 0.1) is 17.3 Å². The molecule has 0 atom stereocenters. The summed E-state index contributed by atoms with van der Waals surface area (Å²) in [6.07, 6.45) is 1.64. The van der Waals surface area contributed by atoms with Crippen LogP contribution in [0.2, 0.25) is 0 Å². The van der Waals surface area contributed by atoms with Crippen LogP contribution >= 0.6 is 0 Å². The Bertz CT molecular complexity index is 815. The molecule has 3 aromatic rings. The predicted octanol–water partition coefficient (Wildman–Crippen LogP) is 3.12. The smallest absolute Gasteiger partial charge is 0.173 e. The third-order valence-corrected chi connectivity index (χ3v) is 3.06. The molecule has 0 aliphatic rings. The van der Waals surface area contributed by atoms with Gasteiger partial charge in [0.1, 0.15) is 11.5 Å². The molecule has 0 saturated heterocycles. The molecule has 0 fully saturated rings. The van der Waals surface area contributed by atoms with Crippen LogP contribution in [0.25, 0.3) is 10.9 Å². The molecule has 0 bridgehead atoms. The highest BCUT2D eigenvalue weighted by molar-refractivity contribution is 5.99. The fraction of sp³-hybridized carbons (Fsp3) is 0. The molecular formula is C16H13N3O2. The number of amidine groups is 1. The minimum Gasteiger partial charge on any atom is -0.455 e. The fourth-order valence-corrected chi connectivity index (χ4v) is 2.05. The summed E-state index contributed by atoms with van der Waals surface area (Å²) in [6.45, 7) is 0. The van der Waals surface area contributed by atoms with E-state index in [-0.39, 0.29) is 5.84 Å². The number of nitrogens with two attached hydrogens (primary N) is 1. The van der Waals surface area contributed by atoms with E-state index in [1.807, 2.05) is 36.4 Å². The molecule has 2 aromatic carbocycles. The van der Waals surface area contributed by atoms with Crippen molar-refractivity contribution in [1.82, 2.24) is 4.98 Å². The van der Waals surface area contributed by atoms with Crippen molar-refractivity contribution in [3.63, 3.8) is 0 Å². The lowest BCUT2D eigenvalue weighted by molar-refractivity contribution is 0.318. The largest absolute Gasteiger partial charge is 0.455 e. The maximum Gasteiger partial charge on any atom is 0.173 e. The molecule has 1 heterocycles. The first-order valence-corrected chi connectivity index (χ1v) is 6.37. The van der Waals surface area contributed by atoms with Crippen molar-refractivity contribution < 1.29 is 9.94 Å². The van der Waals surface area contributed by atoms with Crippen LogP contribution < -0.4 is 10.5 Å². The zero-order valence-corrected chi connectivity index (χ0v) is 11.1. The lowest BCUT2D eigenvalue weighted by Crippen LogP contribution is -2.14. The highest BCUT2D eigenvalue weighted by Gasteiger charge is 2.09. The van der Waals surface area contributed by atoms with Crippen molar-refractivity contribution >= 4 is 16.7 Å². The molecule has 21 heavy (non-hydrogen) atoms. The molecule has 5 heteroatoms. The third kappa shape index (κ3) is 2.62. The average Bonchev–Trinajstić information content (AvgIpc) is 2.54. The predicted molar refractivity (Wildman–Crippen MR) is 80.8 cm³/mol. The Hall–Kier alpha value is -3.08. The van der Waals surface area contributed by atoms with Crippen molar-refractivity contribution in [2.24, 2.45) is 10.9 Å². The van der Waals surface area contributed by atoms with Gasteiger partial charge >= 0.3 is 0 Å². The molecule has 1 aromatic heterocycles. The normalized spacial score (nSPS) is 11.5. The van der Waals surface area contributed by atoms with Gasteiger partial charge < -0.3 is 15.7 Å². The Kier molecular flexibility index (Phi) is 3.39. The molecule has 0 aliphatic heterocycles. The number of nitrogens with zero attached hydrogens (tertiary/aromatic N) is 2. The second kappa shape index (κ2) is 5.50. The van der Waals surface area contributed by atoms with Gasteiger partial charge in [0.2, 0.25) is 0 Å². The molecule has 0 spiro atoms. The highest BCUT2D eigenvalue weighted by Crippen LogP contribution is 2.26. The number of hydrogen-bond donors (Lipinski definition) is 2. The van der Waals surface area contributed by atoms with E-state index < -0.39 is 0 Å². The lowest BCUT2D eigenvalue weighted by atomic mass is 10.2. The molecule has 0 amide bonds. The molecule has 3 rings (SSSR count). The number of para-hydroxylation sites is 2. The average molecular weight is 279 g/mol. The minimum atomic E-state index is -0.000603. The standard InChI is InChI=1S/C16H13N3O2/c17-16(19-20)13-6-2-4-8-15(13)21-12-9-11-5-1-3-7-14(11)18-10-12/h1-10,20H,(H2,17,19). The lowest BCUT2D eigenvalue weighted by Gasteiger charge is -2.10. The molecular weight excluding hydrogens is 266 g/mol. The summed E-state index contributed by atoms with van der Waals surface area (Å²) in [7, 11) is 0. The number of aromatic nitrogens is 1. The maximum atomic E-state index is 8.82. The van der Waals surface area contributed by atoms with Gasteiger partial charge in [-0.3, -0.25) is 4.98 Å². The van der Waals surface area contributed by atoms with Crippen molar-refractivity contribution in [3.05, 3.63) is 66.4 Å². The Balaban J connectivity index is 1.99. The zero-order valence-electron chi connectivity index (χ0n) is 11.1. The van der Waals surface area contributed by atoms with Crippen LogP contribution in [0.3, 0.4) is 0 Å². The molecule has 0 radical (unpaired) electrons. The van der Waals surface area contributed by atoms with Gasteiger partial charge in [-0.1, -0.05) is 35.5 Å². The van der Waals surface area contributed by atoms with Crippen molar-refractivity contribution in [2.75, 3.05) is 0 Å². The topological polar surface area (TPSA) is 80.7 Å². The Labute approximate surface area is 121 Å². The van der Waals surface area contributed by atoms with E-state index in [0.717, 1.165) is 10.9 Å². The fourth-order valence-electron chi connectivity index (χ4n) is 2.05. The van der Waals surface area contributed by atoms with Gasteiger partial charge in [-0.05, 0) is 24.3 Å². The maximum absolute atomic E-state index is 8.82. The van der Waals surface area contributed by atoms with Crippen LogP contribution in [-0.4, -0.2) is 16.0 Å². The number of hydrogen-bond acceptors (Lipinski definition) is 4. The zero-order chi connectivity index (χ0) is 14.7. The Morgan fingerprint density at radius 2 is 1.86 bits per heavy atom. The number of rotatable bonds is 3. The minimum absolute atomic E-state index is 0.000603. The first-order chi connectivity index (χ1) is 10.3. The van der Waals surface area contributed by atoms with Crippen molar-refractivity contribution in [2.45, 2.75) is 0 Å². The molecule has 5 nitrogen and oxygen atoms in total. The number of oxime groups is 1. The molecule has 0 saturated carbocycles. The summed E-state index contributed by atoms with van der Waals surface area (Å²) in [5, 5.41) is 12.8.